The second-order valence-corrected chi connectivity index (χ2v) is 11.1. The molecule has 2 amide bonds. The highest BCUT2D eigenvalue weighted by Gasteiger charge is 2.43. The highest BCUT2D eigenvalue weighted by Crippen LogP contribution is 2.39. The number of rotatable bonds is 7. The van der Waals surface area contributed by atoms with E-state index in [9.17, 15) is 26.8 Å². The third-order valence-corrected chi connectivity index (χ3v) is 7.73. The standard InChI is InChI=1S/C25H27F2NO5S/c1-34(31,32)20-9-7-18(8-10-20)21(12-17-13-22(26)23(27)14-17)24(29)28-19(15-33-25(28)30)11-16-5-3-2-4-6-16/h2-10,17,19,21-23H,11-15H2,1H3/t17-,19-,21?,22-,23+/m1/s1. The number of carbonyl (C=O) groups is 2. The molecule has 2 aromatic rings. The molecule has 6 nitrogen and oxygen atoms in total. The maximum atomic E-state index is 13.9. The summed E-state index contributed by atoms with van der Waals surface area (Å²) in [6.45, 7) is 0.0573. The summed E-state index contributed by atoms with van der Waals surface area (Å²) in [5.41, 5.74) is 1.43. The van der Waals surface area contributed by atoms with Crippen LogP contribution < -0.4 is 0 Å². The topological polar surface area (TPSA) is 80.8 Å². The van der Waals surface area contributed by atoms with Crippen LogP contribution in [0.25, 0.3) is 0 Å². The molecule has 1 aliphatic heterocycles. The summed E-state index contributed by atoms with van der Waals surface area (Å²) < 4.78 is 56.6. The summed E-state index contributed by atoms with van der Waals surface area (Å²) in [6.07, 6.45) is -2.23. The van der Waals surface area contributed by atoms with Crippen molar-refractivity contribution in [2.45, 2.75) is 54.9 Å². The zero-order chi connectivity index (χ0) is 24.5. The van der Waals surface area contributed by atoms with Gasteiger partial charge in [-0.3, -0.25) is 4.79 Å². The predicted molar refractivity (Wildman–Crippen MR) is 122 cm³/mol. The summed E-state index contributed by atoms with van der Waals surface area (Å²) in [7, 11) is -3.44. The van der Waals surface area contributed by atoms with Gasteiger partial charge in [0, 0.05) is 6.26 Å². The van der Waals surface area contributed by atoms with Gasteiger partial charge >= 0.3 is 6.09 Å². The van der Waals surface area contributed by atoms with Gasteiger partial charge in [0.25, 0.3) is 0 Å². The highest BCUT2D eigenvalue weighted by atomic mass is 32.2. The minimum absolute atomic E-state index is 0.00423. The first-order valence-corrected chi connectivity index (χ1v) is 13.1. The van der Waals surface area contributed by atoms with Crippen molar-refractivity contribution in [2.24, 2.45) is 5.92 Å². The molecule has 0 aromatic heterocycles. The molecule has 0 N–H and O–H groups in total. The van der Waals surface area contributed by atoms with Gasteiger partial charge in [-0.1, -0.05) is 42.5 Å². The maximum Gasteiger partial charge on any atom is 0.417 e. The summed E-state index contributed by atoms with van der Waals surface area (Å²) in [5, 5.41) is 0. The maximum absolute atomic E-state index is 13.9. The molecular weight excluding hydrogens is 464 g/mol. The van der Waals surface area contributed by atoms with Crippen LogP contribution in [0.1, 0.15) is 36.3 Å². The highest BCUT2D eigenvalue weighted by molar-refractivity contribution is 7.90. The molecule has 0 radical (unpaired) electrons. The van der Waals surface area contributed by atoms with Gasteiger partial charge in [-0.05, 0) is 54.9 Å². The van der Waals surface area contributed by atoms with Crippen molar-refractivity contribution in [1.82, 2.24) is 4.90 Å². The van der Waals surface area contributed by atoms with Gasteiger partial charge in [-0.25, -0.2) is 26.9 Å². The molecule has 9 heteroatoms. The molecule has 4 rings (SSSR count). The lowest BCUT2D eigenvalue weighted by Gasteiger charge is -2.27. The number of carbonyl (C=O) groups excluding carboxylic acids is 2. The summed E-state index contributed by atoms with van der Waals surface area (Å²) >= 11 is 0. The van der Waals surface area contributed by atoms with E-state index in [0.717, 1.165) is 16.7 Å². The van der Waals surface area contributed by atoms with Crippen LogP contribution in [0.3, 0.4) is 0 Å². The molecule has 182 valence electrons. The lowest BCUT2D eigenvalue weighted by Crippen LogP contribution is -2.43. The molecule has 2 fully saturated rings. The van der Waals surface area contributed by atoms with Crippen LogP contribution in [-0.2, 0) is 25.8 Å². The van der Waals surface area contributed by atoms with Crippen molar-refractivity contribution >= 4 is 21.8 Å². The zero-order valence-corrected chi connectivity index (χ0v) is 19.6. The fraction of sp³-hybridized carbons (Fsp3) is 0.440. The van der Waals surface area contributed by atoms with Crippen molar-refractivity contribution in [2.75, 3.05) is 12.9 Å². The van der Waals surface area contributed by atoms with Crippen molar-refractivity contribution < 1.29 is 31.5 Å². The minimum atomic E-state index is -3.44. The Hall–Kier alpha value is -2.81. The molecule has 34 heavy (non-hydrogen) atoms. The molecule has 2 aliphatic rings. The first-order valence-electron chi connectivity index (χ1n) is 11.3. The van der Waals surface area contributed by atoms with Crippen LogP contribution >= 0.6 is 0 Å². The molecule has 1 heterocycles. The molecule has 2 aromatic carbocycles. The fourth-order valence-corrected chi connectivity index (χ4v) is 5.45. The second kappa shape index (κ2) is 9.82. The van der Waals surface area contributed by atoms with E-state index in [0.29, 0.717) is 12.0 Å². The molecule has 5 atom stereocenters. The van der Waals surface area contributed by atoms with Gasteiger partial charge in [0.15, 0.2) is 9.84 Å². The van der Waals surface area contributed by atoms with Crippen molar-refractivity contribution in [3.05, 3.63) is 65.7 Å². The van der Waals surface area contributed by atoms with E-state index in [2.05, 4.69) is 0 Å². The van der Waals surface area contributed by atoms with E-state index in [1.165, 1.54) is 24.3 Å². The number of ether oxygens (including phenoxy) is 1. The first kappa shape index (κ1) is 24.3. The van der Waals surface area contributed by atoms with Crippen LogP contribution in [-0.4, -0.2) is 56.6 Å². The lowest BCUT2D eigenvalue weighted by atomic mass is 9.86. The van der Waals surface area contributed by atoms with Gasteiger partial charge < -0.3 is 4.74 Å². The average Bonchev–Trinajstić information content (AvgIpc) is 3.32. The van der Waals surface area contributed by atoms with E-state index in [1.54, 1.807) is 0 Å². The van der Waals surface area contributed by atoms with Gasteiger partial charge in [0.1, 0.15) is 19.0 Å². The van der Waals surface area contributed by atoms with Crippen LogP contribution in [0.5, 0.6) is 0 Å². The second-order valence-electron chi connectivity index (χ2n) is 9.13. The van der Waals surface area contributed by atoms with Crippen LogP contribution in [0, 0.1) is 5.92 Å². The summed E-state index contributed by atoms with van der Waals surface area (Å²) in [6, 6.07) is 14.8. The number of hydrogen-bond donors (Lipinski definition) is 0. The van der Waals surface area contributed by atoms with Crippen LogP contribution in [0.15, 0.2) is 59.5 Å². The Bertz CT molecular complexity index is 1130. The zero-order valence-electron chi connectivity index (χ0n) is 18.8. The largest absolute Gasteiger partial charge is 0.447 e. The third-order valence-electron chi connectivity index (χ3n) is 6.60. The van der Waals surface area contributed by atoms with E-state index < -0.39 is 46.1 Å². The number of imide groups is 1. The van der Waals surface area contributed by atoms with Crippen molar-refractivity contribution in [1.29, 1.82) is 0 Å². The quantitative estimate of drug-likeness (QED) is 0.579. The predicted octanol–water partition coefficient (Wildman–Crippen LogP) is 4.24. The summed E-state index contributed by atoms with van der Waals surface area (Å²) in [4.78, 5) is 27.5. The van der Waals surface area contributed by atoms with Gasteiger partial charge in [-0.2, -0.15) is 0 Å². The first-order chi connectivity index (χ1) is 16.1. The normalized spacial score (nSPS) is 25.9. The third kappa shape index (κ3) is 5.29. The Morgan fingerprint density at radius 3 is 2.26 bits per heavy atom. The smallest absolute Gasteiger partial charge is 0.417 e. The van der Waals surface area contributed by atoms with E-state index >= 15 is 0 Å². The van der Waals surface area contributed by atoms with E-state index in [-0.39, 0.29) is 36.7 Å². The van der Waals surface area contributed by atoms with Crippen molar-refractivity contribution in [3.8, 4) is 0 Å². The molecular formula is C25H27F2NO5S. The fourth-order valence-electron chi connectivity index (χ4n) is 4.82. The monoisotopic (exact) mass is 491 g/mol. The Balaban J connectivity index is 1.62. The molecule has 0 bridgehead atoms. The Labute approximate surface area is 197 Å². The Morgan fingerprint density at radius 1 is 1.06 bits per heavy atom. The van der Waals surface area contributed by atoms with Gasteiger partial charge in [0.2, 0.25) is 5.91 Å². The number of hydrogen-bond acceptors (Lipinski definition) is 5. The van der Waals surface area contributed by atoms with Crippen molar-refractivity contribution in [3.63, 3.8) is 0 Å². The SMILES string of the molecule is CS(=O)(=O)c1ccc(C(C[C@@H]2C[C@@H](F)[C@@H](F)C2)C(=O)N2C(=O)OC[C@H]2Cc2ccccc2)cc1. The number of benzene rings is 2. The molecule has 1 saturated carbocycles. The van der Waals surface area contributed by atoms with Gasteiger partial charge in [-0.15, -0.1) is 0 Å². The Kier molecular flexibility index (Phi) is 7.02. The lowest BCUT2D eigenvalue weighted by molar-refractivity contribution is -0.131. The molecule has 1 unspecified atom stereocenters. The number of nitrogens with zero attached hydrogens (tertiary/aromatic N) is 1. The molecule has 1 aliphatic carbocycles. The number of sulfone groups is 1. The minimum Gasteiger partial charge on any atom is -0.447 e. The van der Waals surface area contributed by atoms with E-state index in [4.69, 9.17) is 4.74 Å². The molecule has 1 saturated heterocycles. The average molecular weight is 492 g/mol. The van der Waals surface area contributed by atoms with Crippen LogP contribution in [0.4, 0.5) is 13.6 Å². The number of amides is 2. The van der Waals surface area contributed by atoms with Crippen LogP contribution in [0.2, 0.25) is 0 Å². The number of halogens is 2. The number of cyclic esters (lactones) is 1. The van der Waals surface area contributed by atoms with E-state index in [1.807, 2.05) is 30.3 Å². The number of alkyl halides is 2. The molecule has 0 spiro atoms. The Morgan fingerprint density at radius 2 is 1.68 bits per heavy atom. The van der Waals surface area contributed by atoms with Gasteiger partial charge in [0.05, 0.1) is 16.9 Å². The summed E-state index contributed by atoms with van der Waals surface area (Å²) in [5.74, 6) is -1.74.